The van der Waals surface area contributed by atoms with Crippen molar-refractivity contribution >= 4 is 29.1 Å². The molecule has 0 saturated carbocycles. The zero-order valence-electron chi connectivity index (χ0n) is 12.8. The van der Waals surface area contributed by atoms with Crippen molar-refractivity contribution in [3.8, 4) is 5.75 Å². The summed E-state index contributed by atoms with van der Waals surface area (Å²) in [5.41, 5.74) is 1.53. The van der Waals surface area contributed by atoms with E-state index in [1.54, 1.807) is 12.1 Å². The maximum Gasteiger partial charge on any atom is 0.248 e. The van der Waals surface area contributed by atoms with Gasteiger partial charge in [0.05, 0.1) is 12.1 Å². The minimum Gasteiger partial charge on any atom is -0.506 e. The number of halogens is 1. The lowest BCUT2D eigenvalue weighted by molar-refractivity contribution is 0.0992. The van der Waals surface area contributed by atoms with Gasteiger partial charge in [-0.2, -0.15) is 0 Å². The first-order valence-corrected chi connectivity index (χ1v) is 7.28. The number of benzene rings is 2. The number of carbonyl (C=O) groups is 1. The highest BCUT2D eigenvalue weighted by Gasteiger charge is 2.12. The molecule has 3 aromatic rings. The molecule has 0 bridgehead atoms. The predicted molar refractivity (Wildman–Crippen MR) is 96.0 cm³/mol. The number of fused-ring (bicyclic) bond motifs is 1. The van der Waals surface area contributed by atoms with Crippen LogP contribution < -0.4 is 10.9 Å². The third-order valence-corrected chi connectivity index (χ3v) is 3.63. The number of phenolic OH excluding ortho intramolecular Hbond substituents is 1. The summed E-state index contributed by atoms with van der Waals surface area (Å²) in [6.07, 6.45) is 0. The number of aromatic amines is 1. The molecule has 1 aromatic heterocycles. The molecular formula is C18H17ClN2O3. The van der Waals surface area contributed by atoms with Crippen molar-refractivity contribution in [2.75, 3.05) is 6.54 Å². The van der Waals surface area contributed by atoms with Crippen molar-refractivity contribution in [2.24, 2.45) is 0 Å². The summed E-state index contributed by atoms with van der Waals surface area (Å²) in [5.74, 6) is -0.149. The first-order chi connectivity index (χ1) is 11.1. The molecule has 0 radical (unpaired) electrons. The van der Waals surface area contributed by atoms with Crippen LogP contribution in [-0.4, -0.2) is 22.4 Å². The third-order valence-electron chi connectivity index (χ3n) is 3.63. The van der Waals surface area contributed by atoms with E-state index >= 15 is 0 Å². The molecule has 24 heavy (non-hydrogen) atoms. The van der Waals surface area contributed by atoms with E-state index in [-0.39, 0.29) is 41.6 Å². The molecule has 1 heterocycles. The van der Waals surface area contributed by atoms with Crippen molar-refractivity contribution in [1.82, 2.24) is 10.3 Å². The van der Waals surface area contributed by atoms with Gasteiger partial charge >= 0.3 is 0 Å². The first-order valence-electron chi connectivity index (χ1n) is 7.28. The summed E-state index contributed by atoms with van der Waals surface area (Å²) in [4.78, 5) is 26.3. The van der Waals surface area contributed by atoms with Crippen LogP contribution in [0.4, 0.5) is 0 Å². The maximum atomic E-state index is 12.4. The molecule has 0 spiro atoms. The van der Waals surface area contributed by atoms with E-state index in [0.29, 0.717) is 17.5 Å². The van der Waals surface area contributed by atoms with E-state index in [4.69, 9.17) is 0 Å². The first kappa shape index (κ1) is 17.7. The molecule has 3 N–H and O–H groups in total. The van der Waals surface area contributed by atoms with Crippen molar-refractivity contribution in [3.05, 3.63) is 76.1 Å². The van der Waals surface area contributed by atoms with Gasteiger partial charge in [-0.15, -0.1) is 12.4 Å². The predicted octanol–water partition coefficient (Wildman–Crippen LogP) is 2.63. The lowest BCUT2D eigenvalue weighted by Gasteiger charge is -2.08. The smallest absolute Gasteiger partial charge is 0.248 e. The highest BCUT2D eigenvalue weighted by atomic mass is 35.5. The lowest BCUT2D eigenvalue weighted by atomic mass is 10.0. The average molecular weight is 345 g/mol. The molecule has 3 rings (SSSR count). The van der Waals surface area contributed by atoms with E-state index in [9.17, 15) is 14.7 Å². The van der Waals surface area contributed by atoms with Crippen LogP contribution in [0.5, 0.6) is 5.75 Å². The molecule has 124 valence electrons. The van der Waals surface area contributed by atoms with Crippen LogP contribution in [0.15, 0.2) is 59.4 Å². The number of aromatic nitrogens is 1. The van der Waals surface area contributed by atoms with E-state index in [0.717, 1.165) is 5.56 Å². The molecule has 6 heteroatoms. The Morgan fingerprint density at radius 2 is 1.79 bits per heavy atom. The minimum absolute atomic E-state index is 0. The second-order valence-electron chi connectivity index (χ2n) is 5.26. The van der Waals surface area contributed by atoms with Crippen LogP contribution in [0, 0.1) is 0 Å². The van der Waals surface area contributed by atoms with Crippen LogP contribution in [0.3, 0.4) is 0 Å². The van der Waals surface area contributed by atoms with Gasteiger partial charge in [-0.3, -0.25) is 9.59 Å². The number of aromatic hydroxyl groups is 1. The average Bonchev–Trinajstić information content (AvgIpc) is 2.56. The van der Waals surface area contributed by atoms with Crippen molar-refractivity contribution in [2.45, 2.75) is 6.54 Å². The Morgan fingerprint density at radius 3 is 2.54 bits per heavy atom. The number of nitrogens with one attached hydrogen (secondary N) is 2. The van der Waals surface area contributed by atoms with Crippen LogP contribution >= 0.6 is 12.4 Å². The summed E-state index contributed by atoms with van der Waals surface area (Å²) < 4.78 is 0. The Bertz CT molecular complexity index is 907. The summed E-state index contributed by atoms with van der Waals surface area (Å²) in [7, 11) is 0. The number of hydrogen-bond donors (Lipinski definition) is 3. The number of pyridine rings is 1. The Balaban J connectivity index is 0.00000208. The third kappa shape index (κ3) is 3.82. The highest BCUT2D eigenvalue weighted by molar-refractivity contribution is 6.09. The van der Waals surface area contributed by atoms with Gasteiger partial charge in [0.2, 0.25) is 5.56 Å². The number of hydrogen-bond acceptors (Lipinski definition) is 4. The number of H-pyrrole nitrogens is 1. The summed E-state index contributed by atoms with van der Waals surface area (Å²) >= 11 is 0. The largest absolute Gasteiger partial charge is 0.506 e. The molecule has 0 fully saturated rings. The fourth-order valence-electron chi connectivity index (χ4n) is 2.49. The van der Waals surface area contributed by atoms with E-state index in [2.05, 4.69) is 10.3 Å². The van der Waals surface area contributed by atoms with Gasteiger partial charge in [-0.25, -0.2) is 0 Å². The highest BCUT2D eigenvalue weighted by Crippen LogP contribution is 2.24. The van der Waals surface area contributed by atoms with Gasteiger partial charge in [-0.1, -0.05) is 30.3 Å². The minimum atomic E-state index is -0.320. The Kier molecular flexibility index (Phi) is 5.73. The fraction of sp³-hybridized carbons (Fsp3) is 0.111. The van der Waals surface area contributed by atoms with Crippen LogP contribution in [-0.2, 0) is 6.54 Å². The van der Waals surface area contributed by atoms with Gasteiger partial charge in [0.1, 0.15) is 5.75 Å². The zero-order valence-corrected chi connectivity index (χ0v) is 13.6. The Hall–Kier alpha value is -2.63. The molecule has 0 unspecified atom stereocenters. The van der Waals surface area contributed by atoms with Gasteiger partial charge in [-0.05, 0) is 23.8 Å². The van der Waals surface area contributed by atoms with Gasteiger partial charge in [0.15, 0.2) is 5.78 Å². The molecule has 0 saturated heterocycles. The van der Waals surface area contributed by atoms with Gasteiger partial charge < -0.3 is 15.4 Å². The summed E-state index contributed by atoms with van der Waals surface area (Å²) in [6.45, 7) is 0.771. The van der Waals surface area contributed by atoms with E-state index < -0.39 is 0 Å². The number of phenols is 1. The number of carbonyl (C=O) groups excluding carboxylic acids is 1. The summed E-state index contributed by atoms with van der Waals surface area (Å²) in [6, 6.07) is 15.7. The molecule has 0 amide bonds. The van der Waals surface area contributed by atoms with Gasteiger partial charge in [0, 0.05) is 23.6 Å². The zero-order chi connectivity index (χ0) is 16.2. The monoisotopic (exact) mass is 344 g/mol. The topological polar surface area (TPSA) is 82.2 Å². The lowest BCUT2D eigenvalue weighted by Crippen LogP contribution is -2.23. The van der Waals surface area contributed by atoms with Crippen LogP contribution in [0.1, 0.15) is 15.9 Å². The Morgan fingerprint density at radius 1 is 1.04 bits per heavy atom. The molecule has 2 aromatic carbocycles. The quantitative estimate of drug-likeness (QED) is 0.621. The van der Waals surface area contributed by atoms with Crippen molar-refractivity contribution in [1.29, 1.82) is 0 Å². The fourth-order valence-corrected chi connectivity index (χ4v) is 2.49. The van der Waals surface area contributed by atoms with Crippen LogP contribution in [0.2, 0.25) is 0 Å². The molecule has 0 aliphatic rings. The Labute approximate surface area is 144 Å². The number of ketones is 1. The molecule has 0 atom stereocenters. The normalized spacial score (nSPS) is 10.3. The number of Topliss-reactive ketones (excluding diaryl/α,β-unsaturated/α-hetero) is 1. The standard InChI is InChI=1S/C18H16N2O3.ClH/c21-15-8-6-13(14-7-9-17(23)20-18(14)15)16(22)11-19-10-12-4-2-1-3-5-12;/h1-9,19,21H,10-11H2,(H,20,23);1H. The van der Waals surface area contributed by atoms with Crippen molar-refractivity contribution in [3.63, 3.8) is 0 Å². The second-order valence-corrected chi connectivity index (χ2v) is 5.26. The molecular weight excluding hydrogens is 328 g/mol. The van der Waals surface area contributed by atoms with E-state index in [1.165, 1.54) is 12.1 Å². The van der Waals surface area contributed by atoms with Gasteiger partial charge in [0.25, 0.3) is 0 Å². The van der Waals surface area contributed by atoms with Crippen molar-refractivity contribution < 1.29 is 9.90 Å². The van der Waals surface area contributed by atoms with E-state index in [1.807, 2.05) is 30.3 Å². The second kappa shape index (κ2) is 7.77. The molecule has 0 aliphatic heterocycles. The molecule has 5 nitrogen and oxygen atoms in total. The number of rotatable bonds is 5. The SMILES string of the molecule is Cl.O=C(CNCc1ccccc1)c1ccc(O)c2[nH]c(=O)ccc12. The molecule has 0 aliphatic carbocycles. The maximum absolute atomic E-state index is 12.4. The summed E-state index contributed by atoms with van der Waals surface area (Å²) in [5, 5.41) is 13.5. The van der Waals surface area contributed by atoms with Crippen LogP contribution in [0.25, 0.3) is 10.9 Å².